The Kier molecular flexibility index (Phi) is 10.3. The Hall–Kier alpha value is -2.44. The van der Waals surface area contributed by atoms with E-state index in [4.69, 9.17) is 0 Å². The molecule has 0 amide bonds. The number of rotatable bonds is 13. The van der Waals surface area contributed by atoms with Crippen LogP contribution in [0.1, 0.15) is 19.8 Å². The van der Waals surface area contributed by atoms with Crippen LogP contribution in [0.15, 0.2) is 11.8 Å². The number of halogens is 20. The van der Waals surface area contributed by atoms with Crippen molar-refractivity contribution in [2.45, 2.75) is 66.7 Å². The number of nitrogens with zero attached hydrogens (tertiary/aromatic N) is 1. The molecule has 0 saturated heterocycles. The molecule has 5 nitrogen and oxygen atoms in total. The second-order valence-corrected chi connectivity index (χ2v) is 9.06. The molecule has 0 aliphatic carbocycles. The third-order valence-corrected chi connectivity index (χ3v) is 6.02. The van der Waals surface area contributed by atoms with Crippen molar-refractivity contribution in [2.24, 2.45) is 0 Å². The number of hydrogen-bond donors (Lipinski definition) is 0. The van der Waals surface area contributed by atoms with Gasteiger partial charge in [0.05, 0.1) is 6.61 Å². The average molecular weight is 679 g/mol. The van der Waals surface area contributed by atoms with Gasteiger partial charge in [-0.15, -0.1) is 0 Å². The van der Waals surface area contributed by atoms with Crippen LogP contribution in [-0.4, -0.2) is 72.5 Å². The van der Waals surface area contributed by atoms with E-state index >= 15 is 0 Å². The maximum absolute atomic E-state index is 13.9. The lowest BCUT2D eigenvalue weighted by atomic mass is 9.91. The first-order valence-corrected chi connectivity index (χ1v) is 10.8. The predicted molar refractivity (Wildman–Crippen MR) is 87.7 cm³/mol. The van der Waals surface area contributed by atoms with Crippen molar-refractivity contribution in [1.29, 1.82) is 0 Å². The first kappa shape index (κ1) is 38.6. The van der Waals surface area contributed by atoms with Gasteiger partial charge in [-0.1, -0.05) is 22.4 Å². The van der Waals surface area contributed by atoms with Crippen molar-refractivity contribution >= 4 is 16.0 Å². The van der Waals surface area contributed by atoms with Gasteiger partial charge in [0.15, 0.2) is 0 Å². The van der Waals surface area contributed by atoms with Gasteiger partial charge in [-0.25, -0.2) is 4.79 Å². The molecule has 0 bridgehead atoms. The molecule has 0 unspecified atom stereocenters. The van der Waals surface area contributed by atoms with Crippen LogP contribution in [0.3, 0.4) is 0 Å². The maximum atomic E-state index is 13.9. The summed E-state index contributed by atoms with van der Waals surface area (Å²) >= 11 is 0. The predicted octanol–water partition coefficient (Wildman–Crippen LogP) is 6.92. The number of esters is 1. The average Bonchev–Trinajstić information content (AvgIpc) is 2.77. The summed E-state index contributed by atoms with van der Waals surface area (Å²) in [6.45, 7) is 0.206. The van der Waals surface area contributed by atoms with Gasteiger partial charge in [-0.05, 0) is 6.42 Å². The molecule has 244 valence electrons. The molecule has 0 heterocycles. The van der Waals surface area contributed by atoms with Crippen LogP contribution in [-0.2, 0) is 19.6 Å². The Bertz CT molecular complexity index is 1110. The van der Waals surface area contributed by atoms with Crippen molar-refractivity contribution in [3.63, 3.8) is 0 Å². The van der Waals surface area contributed by atoms with Gasteiger partial charge in [0.25, 0.3) is 0 Å². The molecular weight excluding hydrogens is 670 g/mol. The van der Waals surface area contributed by atoms with E-state index in [1.165, 1.54) is 6.92 Å². The Morgan fingerprint density at radius 1 is 0.659 bits per heavy atom. The van der Waals surface area contributed by atoms with Crippen LogP contribution in [0.2, 0.25) is 0 Å². The summed E-state index contributed by atoms with van der Waals surface area (Å²) in [6, 6.07) is 0. The molecule has 0 radical (unpaired) electrons. The minimum atomic E-state index is -9.22. The standard InChI is InChI=1S/C15H9F20NO4S/c1-2-3-4-40-7(37)5(6(16)17)36(35)41(38,39)15(33,34)13(28,29)11(24,25)9(20,21)8(18,19)10(22,23)12(26,27)14(30,31)32/h2-4H2,1H3. The van der Waals surface area contributed by atoms with E-state index in [9.17, 15) is 101 Å². The first-order chi connectivity index (χ1) is 17.7. The van der Waals surface area contributed by atoms with E-state index in [-0.39, 0.29) is 12.8 Å². The Labute approximate surface area is 212 Å². The van der Waals surface area contributed by atoms with Gasteiger partial charge in [-0.3, -0.25) is 0 Å². The first-order valence-electron chi connectivity index (χ1n) is 9.36. The highest BCUT2D eigenvalue weighted by Gasteiger charge is 2.96. The molecule has 0 atom stereocenters. The third kappa shape index (κ3) is 5.54. The van der Waals surface area contributed by atoms with Crippen LogP contribution < -0.4 is 0 Å². The summed E-state index contributed by atoms with van der Waals surface area (Å²) in [5.41, 5.74) is -3.65. The van der Waals surface area contributed by atoms with E-state index in [2.05, 4.69) is 4.74 Å². The van der Waals surface area contributed by atoms with Gasteiger partial charge in [0.2, 0.25) is 5.70 Å². The van der Waals surface area contributed by atoms with Crippen LogP contribution in [0.25, 0.3) is 0 Å². The zero-order valence-corrected chi connectivity index (χ0v) is 19.5. The fraction of sp³-hybridized carbons (Fsp3) is 0.800. The normalized spacial score (nSPS) is 15.0. The van der Waals surface area contributed by atoms with Crippen molar-refractivity contribution in [3.8, 4) is 0 Å². The summed E-state index contributed by atoms with van der Waals surface area (Å²) in [5.74, 6) is -56.9. The van der Waals surface area contributed by atoms with E-state index in [1.807, 2.05) is 0 Å². The second-order valence-electron chi connectivity index (χ2n) is 7.28. The van der Waals surface area contributed by atoms with E-state index in [0.717, 1.165) is 0 Å². The summed E-state index contributed by atoms with van der Waals surface area (Å²) in [7, 11) is -8.82. The molecule has 0 aromatic carbocycles. The van der Waals surface area contributed by atoms with E-state index < -0.39 is 85.9 Å². The smallest absolute Gasteiger partial charge is 0.460 e. The molecule has 41 heavy (non-hydrogen) atoms. The minimum absolute atomic E-state index is 0.00818. The number of carbonyl (C=O) groups is 1. The molecule has 0 aromatic heterocycles. The number of carbonyl (C=O) groups excluding carboxylic acids is 1. The highest BCUT2D eigenvalue weighted by molar-refractivity contribution is 7.90. The van der Waals surface area contributed by atoms with Gasteiger partial charge < -0.3 is 4.74 Å². The highest BCUT2D eigenvalue weighted by Crippen LogP contribution is 2.64. The lowest BCUT2D eigenvalue weighted by Crippen LogP contribution is -2.75. The zero-order chi connectivity index (χ0) is 33.6. The highest BCUT2D eigenvalue weighted by atomic mass is 32.2. The van der Waals surface area contributed by atoms with Crippen LogP contribution in [0.5, 0.6) is 0 Å². The number of sulfonamides is 1. The molecule has 0 spiro atoms. The van der Waals surface area contributed by atoms with Crippen molar-refractivity contribution < 1.29 is 106 Å². The van der Waals surface area contributed by atoms with Crippen molar-refractivity contribution in [2.75, 3.05) is 6.61 Å². The van der Waals surface area contributed by atoms with Gasteiger partial charge in [0.1, 0.15) is 0 Å². The van der Waals surface area contributed by atoms with Gasteiger partial charge in [-0.2, -0.15) is 91.8 Å². The Balaban J connectivity index is 7.09. The molecule has 26 heteroatoms. The Morgan fingerprint density at radius 2 is 1.00 bits per heavy atom. The molecule has 0 aliphatic rings. The molecule has 0 aliphatic heterocycles. The fourth-order valence-electron chi connectivity index (χ4n) is 2.13. The summed E-state index contributed by atoms with van der Waals surface area (Å²) < 4.78 is 288. The lowest BCUT2D eigenvalue weighted by Gasteiger charge is -2.42. The molecule has 0 N–H and O–H groups in total. The van der Waals surface area contributed by atoms with E-state index in [1.54, 1.807) is 0 Å². The number of ether oxygens (including phenoxy) is 1. The molecule has 0 aromatic rings. The quantitative estimate of drug-likeness (QED) is 0.0698. The molecule has 0 rings (SSSR count). The molecule has 0 saturated carbocycles. The monoisotopic (exact) mass is 679 g/mol. The van der Waals surface area contributed by atoms with Crippen LogP contribution >= 0.6 is 0 Å². The van der Waals surface area contributed by atoms with E-state index in [0.29, 0.717) is 0 Å². The largest absolute Gasteiger partial charge is 0.461 e. The SMILES string of the molecule is CCCCOC(=O)C(=C(F)F)N(F)S(=O)(=O)C(F)(F)C(F)(F)C(F)(F)C(F)(F)C(F)(F)C(F)(F)C(F)(F)C(F)(F)F. The molecular formula is C15H9F20NO4S. The summed E-state index contributed by atoms with van der Waals surface area (Å²) in [4.78, 5) is 11.3. The number of hydrogen-bond acceptors (Lipinski definition) is 4. The summed E-state index contributed by atoms with van der Waals surface area (Å²) in [5, 5.41) is -8.50. The molecule has 0 fully saturated rings. The third-order valence-electron chi connectivity index (χ3n) is 4.51. The summed E-state index contributed by atoms with van der Waals surface area (Å²) in [6.07, 6.45) is -12.5. The topological polar surface area (TPSA) is 63.7 Å². The van der Waals surface area contributed by atoms with Gasteiger partial charge >= 0.3 is 69.0 Å². The fourth-order valence-corrected chi connectivity index (χ4v) is 3.16. The number of unbranched alkanes of at least 4 members (excludes halogenated alkanes) is 1. The van der Waals surface area contributed by atoms with Crippen LogP contribution in [0.4, 0.5) is 87.9 Å². The minimum Gasteiger partial charge on any atom is -0.461 e. The van der Waals surface area contributed by atoms with Crippen molar-refractivity contribution in [1.82, 2.24) is 4.53 Å². The zero-order valence-electron chi connectivity index (χ0n) is 18.7. The van der Waals surface area contributed by atoms with Crippen molar-refractivity contribution in [3.05, 3.63) is 11.8 Å². The lowest BCUT2D eigenvalue weighted by molar-refractivity contribution is -0.458. The van der Waals surface area contributed by atoms with Gasteiger partial charge in [0, 0.05) is 0 Å². The second kappa shape index (κ2) is 11.0. The maximum Gasteiger partial charge on any atom is 0.460 e. The van der Waals surface area contributed by atoms with Crippen LogP contribution in [0, 0.1) is 0 Å². The number of alkyl halides is 17. The Morgan fingerprint density at radius 3 is 1.32 bits per heavy atom.